The van der Waals surface area contributed by atoms with Gasteiger partial charge in [0.15, 0.2) is 5.78 Å². The predicted octanol–water partition coefficient (Wildman–Crippen LogP) is 2.39. The molecule has 2 rings (SSSR count). The monoisotopic (exact) mass is 262 g/mol. The summed E-state index contributed by atoms with van der Waals surface area (Å²) >= 11 is 0. The zero-order valence-corrected chi connectivity index (χ0v) is 11.5. The SMILES string of the molecule is COC(=O)C(C)(C)COc1ccc2c(c1)CCC2=O. The third-order valence-electron chi connectivity index (χ3n) is 3.34. The molecule has 0 saturated heterocycles. The van der Waals surface area contributed by atoms with Crippen LogP contribution >= 0.6 is 0 Å². The van der Waals surface area contributed by atoms with Crippen LogP contribution in [-0.4, -0.2) is 25.5 Å². The van der Waals surface area contributed by atoms with E-state index in [4.69, 9.17) is 9.47 Å². The maximum atomic E-state index is 11.5. The Morgan fingerprint density at radius 1 is 1.32 bits per heavy atom. The standard InChI is InChI=1S/C15H18O4/c1-15(2,14(17)18-3)9-19-11-5-6-12-10(8-11)4-7-13(12)16/h5-6,8H,4,7,9H2,1-3H3. The number of carbonyl (C=O) groups is 2. The number of esters is 1. The van der Waals surface area contributed by atoms with Crippen LogP contribution in [0.1, 0.15) is 36.2 Å². The molecule has 102 valence electrons. The van der Waals surface area contributed by atoms with E-state index in [-0.39, 0.29) is 18.4 Å². The fraction of sp³-hybridized carbons (Fsp3) is 0.467. The van der Waals surface area contributed by atoms with E-state index in [9.17, 15) is 9.59 Å². The van der Waals surface area contributed by atoms with Crippen LogP contribution in [-0.2, 0) is 16.0 Å². The molecular weight excluding hydrogens is 244 g/mol. The van der Waals surface area contributed by atoms with Gasteiger partial charge in [0.2, 0.25) is 0 Å². The van der Waals surface area contributed by atoms with Crippen molar-refractivity contribution in [1.29, 1.82) is 0 Å². The lowest BCUT2D eigenvalue weighted by Gasteiger charge is -2.21. The number of carbonyl (C=O) groups excluding carboxylic acids is 2. The first-order valence-electron chi connectivity index (χ1n) is 6.31. The molecule has 0 aromatic heterocycles. The van der Waals surface area contributed by atoms with Crippen molar-refractivity contribution in [2.75, 3.05) is 13.7 Å². The summed E-state index contributed by atoms with van der Waals surface area (Å²) in [6.07, 6.45) is 1.35. The van der Waals surface area contributed by atoms with E-state index in [0.717, 1.165) is 17.5 Å². The molecule has 0 aliphatic heterocycles. The molecule has 1 aromatic rings. The number of rotatable bonds is 4. The van der Waals surface area contributed by atoms with Gasteiger partial charge in [-0.1, -0.05) is 0 Å². The Bertz CT molecular complexity index is 517. The van der Waals surface area contributed by atoms with Crippen LogP contribution in [0.2, 0.25) is 0 Å². The van der Waals surface area contributed by atoms with Crippen molar-refractivity contribution in [2.45, 2.75) is 26.7 Å². The largest absolute Gasteiger partial charge is 0.492 e. The molecule has 0 fully saturated rings. The highest BCUT2D eigenvalue weighted by molar-refractivity contribution is 6.00. The molecule has 1 aliphatic carbocycles. The average Bonchev–Trinajstić information content (AvgIpc) is 2.77. The highest BCUT2D eigenvalue weighted by Crippen LogP contribution is 2.27. The second-order valence-electron chi connectivity index (χ2n) is 5.41. The number of benzene rings is 1. The lowest BCUT2D eigenvalue weighted by molar-refractivity contribution is -0.152. The molecule has 0 N–H and O–H groups in total. The van der Waals surface area contributed by atoms with Crippen LogP contribution < -0.4 is 4.74 Å². The minimum atomic E-state index is -0.691. The summed E-state index contributed by atoms with van der Waals surface area (Å²) in [5, 5.41) is 0. The zero-order chi connectivity index (χ0) is 14.0. The van der Waals surface area contributed by atoms with Gasteiger partial charge in [0, 0.05) is 12.0 Å². The predicted molar refractivity (Wildman–Crippen MR) is 70.4 cm³/mol. The van der Waals surface area contributed by atoms with Gasteiger partial charge in [-0.2, -0.15) is 0 Å². The van der Waals surface area contributed by atoms with Gasteiger partial charge in [0.25, 0.3) is 0 Å². The molecule has 4 nitrogen and oxygen atoms in total. The summed E-state index contributed by atoms with van der Waals surface area (Å²) < 4.78 is 10.4. The minimum absolute atomic E-state index is 0.191. The molecule has 19 heavy (non-hydrogen) atoms. The van der Waals surface area contributed by atoms with Crippen molar-refractivity contribution in [1.82, 2.24) is 0 Å². The number of hydrogen-bond acceptors (Lipinski definition) is 4. The molecule has 0 radical (unpaired) electrons. The Labute approximate surface area is 112 Å². The van der Waals surface area contributed by atoms with Crippen LogP contribution in [0.15, 0.2) is 18.2 Å². The van der Waals surface area contributed by atoms with Crippen LogP contribution in [0.5, 0.6) is 5.75 Å². The van der Waals surface area contributed by atoms with Gasteiger partial charge in [-0.3, -0.25) is 9.59 Å². The van der Waals surface area contributed by atoms with E-state index in [1.807, 2.05) is 6.07 Å². The molecule has 0 spiro atoms. The van der Waals surface area contributed by atoms with Crippen molar-refractivity contribution < 1.29 is 19.1 Å². The Kier molecular flexibility index (Phi) is 3.60. The Morgan fingerprint density at radius 3 is 2.74 bits per heavy atom. The second-order valence-corrected chi connectivity index (χ2v) is 5.41. The van der Waals surface area contributed by atoms with E-state index < -0.39 is 5.41 Å². The minimum Gasteiger partial charge on any atom is -0.492 e. The van der Waals surface area contributed by atoms with Crippen LogP contribution in [0.3, 0.4) is 0 Å². The normalized spacial score (nSPS) is 14.2. The number of aryl methyl sites for hydroxylation is 1. The molecule has 0 unspecified atom stereocenters. The summed E-state index contributed by atoms with van der Waals surface area (Å²) in [6.45, 7) is 3.79. The quantitative estimate of drug-likeness (QED) is 0.782. The third-order valence-corrected chi connectivity index (χ3v) is 3.34. The van der Waals surface area contributed by atoms with Gasteiger partial charge in [-0.05, 0) is 44.0 Å². The van der Waals surface area contributed by atoms with E-state index in [0.29, 0.717) is 12.2 Å². The maximum absolute atomic E-state index is 11.5. The summed E-state index contributed by atoms with van der Waals surface area (Å²) in [5.74, 6) is 0.575. The summed E-state index contributed by atoms with van der Waals surface area (Å²) in [5.41, 5.74) is 1.13. The van der Waals surface area contributed by atoms with Crippen molar-refractivity contribution in [3.63, 3.8) is 0 Å². The highest BCUT2D eigenvalue weighted by Gasteiger charge is 2.30. The van der Waals surface area contributed by atoms with Gasteiger partial charge in [-0.15, -0.1) is 0 Å². The van der Waals surface area contributed by atoms with Crippen LogP contribution in [0, 0.1) is 5.41 Å². The highest BCUT2D eigenvalue weighted by atomic mass is 16.5. The maximum Gasteiger partial charge on any atom is 0.314 e. The van der Waals surface area contributed by atoms with E-state index >= 15 is 0 Å². The van der Waals surface area contributed by atoms with Crippen molar-refractivity contribution in [2.24, 2.45) is 5.41 Å². The fourth-order valence-corrected chi connectivity index (χ4v) is 2.12. The number of hydrogen-bond donors (Lipinski definition) is 0. The topological polar surface area (TPSA) is 52.6 Å². The molecule has 0 atom stereocenters. The molecule has 0 heterocycles. The third kappa shape index (κ3) is 2.78. The van der Waals surface area contributed by atoms with Gasteiger partial charge in [0.1, 0.15) is 12.4 Å². The van der Waals surface area contributed by atoms with E-state index in [2.05, 4.69) is 0 Å². The molecule has 0 amide bonds. The van der Waals surface area contributed by atoms with E-state index in [1.54, 1.807) is 26.0 Å². The second kappa shape index (κ2) is 5.03. The zero-order valence-electron chi connectivity index (χ0n) is 11.5. The van der Waals surface area contributed by atoms with Gasteiger partial charge >= 0.3 is 5.97 Å². The molecule has 0 saturated carbocycles. The molecule has 1 aromatic carbocycles. The average molecular weight is 262 g/mol. The molecular formula is C15H18O4. The summed E-state index contributed by atoms with van der Waals surface area (Å²) in [7, 11) is 1.37. The van der Waals surface area contributed by atoms with Gasteiger partial charge in [-0.25, -0.2) is 0 Å². The first kappa shape index (κ1) is 13.6. The number of ether oxygens (including phenoxy) is 2. The summed E-state index contributed by atoms with van der Waals surface area (Å²) in [6, 6.07) is 5.45. The number of methoxy groups -OCH3 is 1. The Morgan fingerprint density at radius 2 is 2.05 bits per heavy atom. The van der Waals surface area contributed by atoms with Gasteiger partial charge in [0.05, 0.1) is 12.5 Å². The van der Waals surface area contributed by atoms with Crippen molar-refractivity contribution in [3.05, 3.63) is 29.3 Å². The van der Waals surface area contributed by atoms with Crippen molar-refractivity contribution in [3.8, 4) is 5.75 Å². The number of fused-ring (bicyclic) bond motifs is 1. The van der Waals surface area contributed by atoms with Crippen molar-refractivity contribution >= 4 is 11.8 Å². The van der Waals surface area contributed by atoms with Crippen LogP contribution in [0.4, 0.5) is 0 Å². The molecule has 4 heteroatoms. The fourth-order valence-electron chi connectivity index (χ4n) is 2.12. The smallest absolute Gasteiger partial charge is 0.314 e. The Balaban J connectivity index is 2.05. The molecule has 0 bridgehead atoms. The van der Waals surface area contributed by atoms with E-state index in [1.165, 1.54) is 7.11 Å². The first-order valence-corrected chi connectivity index (χ1v) is 6.31. The van der Waals surface area contributed by atoms with Gasteiger partial charge < -0.3 is 9.47 Å². The first-order chi connectivity index (χ1) is 8.94. The van der Waals surface area contributed by atoms with Crippen LogP contribution in [0.25, 0.3) is 0 Å². The lowest BCUT2D eigenvalue weighted by atomic mass is 9.95. The lowest BCUT2D eigenvalue weighted by Crippen LogP contribution is -2.32. The molecule has 1 aliphatic rings. The summed E-state index contributed by atoms with van der Waals surface area (Å²) in [4.78, 5) is 23.1. The Hall–Kier alpha value is -1.84. The number of ketones is 1. The number of Topliss-reactive ketones (excluding diaryl/α,β-unsaturated/α-hetero) is 1.